The molecule has 0 aromatic carbocycles. The Hall–Kier alpha value is -1.32. The van der Waals surface area contributed by atoms with Gasteiger partial charge >= 0.3 is 0 Å². The minimum atomic E-state index is 0.679. The van der Waals surface area contributed by atoms with Gasteiger partial charge in [0.1, 0.15) is 12.1 Å². The molecule has 0 radical (unpaired) electrons. The number of methoxy groups -OCH3 is 1. The van der Waals surface area contributed by atoms with E-state index in [4.69, 9.17) is 4.74 Å². The maximum atomic E-state index is 5.19. The van der Waals surface area contributed by atoms with E-state index >= 15 is 0 Å². The lowest BCUT2D eigenvalue weighted by molar-refractivity contribution is 0.391. The molecule has 1 rings (SSSR count). The Morgan fingerprint density at radius 3 is 2.71 bits per heavy atom. The summed E-state index contributed by atoms with van der Waals surface area (Å²) in [6, 6.07) is 0. The predicted octanol–water partition coefficient (Wildman–Crippen LogP) is 1.87. The Bertz CT molecular complexity index is 289. The van der Waals surface area contributed by atoms with Gasteiger partial charge in [-0.15, -0.1) is 0 Å². The fraction of sp³-hybridized carbons (Fsp3) is 0.600. The van der Waals surface area contributed by atoms with E-state index in [1.807, 2.05) is 6.92 Å². The fourth-order valence-electron chi connectivity index (χ4n) is 1.37. The highest BCUT2D eigenvalue weighted by Crippen LogP contribution is 2.22. The van der Waals surface area contributed by atoms with Crippen LogP contribution in [0.15, 0.2) is 6.33 Å². The molecule has 1 heterocycles. The van der Waals surface area contributed by atoms with Crippen molar-refractivity contribution in [2.24, 2.45) is 0 Å². The molecule has 0 aliphatic rings. The van der Waals surface area contributed by atoms with E-state index in [-0.39, 0.29) is 0 Å². The van der Waals surface area contributed by atoms with E-state index < -0.39 is 0 Å². The van der Waals surface area contributed by atoms with Crippen molar-refractivity contribution in [1.82, 2.24) is 9.97 Å². The Labute approximate surface area is 84.7 Å². The van der Waals surface area contributed by atoms with Gasteiger partial charge in [0.25, 0.3) is 0 Å². The summed E-state index contributed by atoms with van der Waals surface area (Å²) in [7, 11) is 1.64. The van der Waals surface area contributed by atoms with Crippen LogP contribution in [0.4, 0.5) is 5.82 Å². The molecule has 0 spiro atoms. The molecule has 1 N–H and O–H groups in total. The highest BCUT2D eigenvalue weighted by atomic mass is 16.5. The van der Waals surface area contributed by atoms with Crippen LogP contribution in [0.2, 0.25) is 0 Å². The van der Waals surface area contributed by atoms with E-state index in [1.54, 1.807) is 7.11 Å². The van der Waals surface area contributed by atoms with Gasteiger partial charge in [-0.25, -0.2) is 9.97 Å². The number of ether oxygens (including phenoxy) is 1. The van der Waals surface area contributed by atoms with E-state index in [1.165, 1.54) is 6.33 Å². The van der Waals surface area contributed by atoms with Crippen LogP contribution >= 0.6 is 0 Å². The highest BCUT2D eigenvalue weighted by Gasteiger charge is 2.09. The van der Waals surface area contributed by atoms with Crippen LogP contribution in [0.3, 0.4) is 0 Å². The topological polar surface area (TPSA) is 47.0 Å². The zero-order chi connectivity index (χ0) is 10.4. The maximum Gasteiger partial charge on any atom is 0.221 e. The number of nitrogens with one attached hydrogen (secondary N) is 1. The molecule has 0 saturated carbocycles. The number of rotatable bonds is 5. The van der Waals surface area contributed by atoms with Crippen molar-refractivity contribution in [3.63, 3.8) is 0 Å². The summed E-state index contributed by atoms with van der Waals surface area (Å²) in [5, 5.41) is 3.20. The summed E-state index contributed by atoms with van der Waals surface area (Å²) in [5.41, 5.74) is 1.07. The van der Waals surface area contributed by atoms with Gasteiger partial charge in [-0.2, -0.15) is 0 Å². The number of nitrogens with zero attached hydrogens (tertiary/aromatic N) is 2. The monoisotopic (exact) mass is 195 g/mol. The summed E-state index contributed by atoms with van der Waals surface area (Å²) >= 11 is 0. The zero-order valence-electron chi connectivity index (χ0n) is 9.00. The second kappa shape index (κ2) is 5.42. The Balaban J connectivity index is 3.00. The molecule has 14 heavy (non-hydrogen) atoms. The molecular weight excluding hydrogens is 178 g/mol. The summed E-state index contributed by atoms with van der Waals surface area (Å²) in [4.78, 5) is 8.28. The van der Waals surface area contributed by atoms with Gasteiger partial charge in [0.05, 0.1) is 12.7 Å². The number of hydrogen-bond donors (Lipinski definition) is 1. The van der Waals surface area contributed by atoms with Crippen LogP contribution < -0.4 is 10.1 Å². The van der Waals surface area contributed by atoms with Crippen LogP contribution in [-0.2, 0) is 6.42 Å². The van der Waals surface area contributed by atoms with Crippen molar-refractivity contribution in [3.05, 3.63) is 11.9 Å². The molecule has 0 amide bonds. The Morgan fingerprint density at radius 1 is 1.36 bits per heavy atom. The van der Waals surface area contributed by atoms with E-state index in [0.29, 0.717) is 5.88 Å². The van der Waals surface area contributed by atoms with Gasteiger partial charge in [-0.05, 0) is 13.3 Å². The number of hydrogen-bond acceptors (Lipinski definition) is 4. The second-order valence-corrected chi connectivity index (χ2v) is 2.99. The average Bonchev–Trinajstić information content (AvgIpc) is 2.21. The van der Waals surface area contributed by atoms with Gasteiger partial charge < -0.3 is 10.1 Å². The van der Waals surface area contributed by atoms with E-state index in [0.717, 1.165) is 30.8 Å². The standard InChI is InChI=1S/C10H17N3O/c1-4-6-8-9(11-5-2)12-7-13-10(8)14-3/h7H,4-6H2,1-3H3,(H,11,12,13). The van der Waals surface area contributed by atoms with Crippen LogP contribution in [0, 0.1) is 0 Å². The molecule has 0 bridgehead atoms. The molecule has 1 aromatic heterocycles. The molecule has 0 saturated heterocycles. The Morgan fingerprint density at radius 2 is 2.14 bits per heavy atom. The summed E-state index contributed by atoms with van der Waals surface area (Å²) in [6.45, 7) is 5.03. The van der Waals surface area contributed by atoms with Crippen LogP contribution in [-0.4, -0.2) is 23.6 Å². The molecule has 4 heteroatoms. The number of aromatic nitrogens is 2. The molecular formula is C10H17N3O. The third-order valence-electron chi connectivity index (χ3n) is 1.94. The van der Waals surface area contributed by atoms with Crippen molar-refractivity contribution in [1.29, 1.82) is 0 Å². The van der Waals surface area contributed by atoms with Gasteiger partial charge in [0, 0.05) is 6.54 Å². The lowest BCUT2D eigenvalue weighted by Gasteiger charge is -2.11. The highest BCUT2D eigenvalue weighted by molar-refractivity contribution is 5.48. The Kier molecular flexibility index (Phi) is 4.16. The largest absolute Gasteiger partial charge is 0.481 e. The number of anilines is 1. The summed E-state index contributed by atoms with van der Waals surface area (Å²) in [6.07, 6.45) is 3.52. The third kappa shape index (κ3) is 2.34. The van der Waals surface area contributed by atoms with E-state index in [2.05, 4.69) is 22.2 Å². The molecule has 0 atom stereocenters. The fourth-order valence-corrected chi connectivity index (χ4v) is 1.37. The minimum absolute atomic E-state index is 0.679. The average molecular weight is 195 g/mol. The van der Waals surface area contributed by atoms with Gasteiger partial charge in [-0.3, -0.25) is 0 Å². The lowest BCUT2D eigenvalue weighted by atomic mass is 10.2. The molecule has 4 nitrogen and oxygen atoms in total. The van der Waals surface area contributed by atoms with Crippen molar-refractivity contribution in [2.45, 2.75) is 26.7 Å². The van der Waals surface area contributed by atoms with E-state index in [9.17, 15) is 0 Å². The normalized spacial score (nSPS) is 9.93. The van der Waals surface area contributed by atoms with Gasteiger partial charge in [0.15, 0.2) is 0 Å². The SMILES string of the molecule is CCCc1c(NCC)ncnc1OC. The van der Waals surface area contributed by atoms with Crippen molar-refractivity contribution < 1.29 is 4.74 Å². The zero-order valence-corrected chi connectivity index (χ0v) is 9.00. The van der Waals surface area contributed by atoms with Crippen molar-refractivity contribution >= 4 is 5.82 Å². The summed E-state index contributed by atoms with van der Waals surface area (Å²) in [5.74, 6) is 1.57. The van der Waals surface area contributed by atoms with Crippen LogP contribution in [0.25, 0.3) is 0 Å². The molecule has 78 valence electrons. The van der Waals surface area contributed by atoms with Crippen LogP contribution in [0.1, 0.15) is 25.8 Å². The molecule has 1 aromatic rings. The van der Waals surface area contributed by atoms with Crippen molar-refractivity contribution in [2.75, 3.05) is 19.0 Å². The maximum absolute atomic E-state index is 5.19. The smallest absolute Gasteiger partial charge is 0.221 e. The first kappa shape index (κ1) is 10.8. The van der Waals surface area contributed by atoms with Gasteiger partial charge in [0.2, 0.25) is 5.88 Å². The quantitative estimate of drug-likeness (QED) is 0.779. The molecule has 0 unspecified atom stereocenters. The summed E-state index contributed by atoms with van der Waals surface area (Å²) < 4.78 is 5.19. The van der Waals surface area contributed by atoms with Gasteiger partial charge in [-0.1, -0.05) is 13.3 Å². The molecule has 0 fully saturated rings. The third-order valence-corrected chi connectivity index (χ3v) is 1.94. The van der Waals surface area contributed by atoms with Crippen LogP contribution in [0.5, 0.6) is 5.88 Å². The molecule has 0 aliphatic carbocycles. The minimum Gasteiger partial charge on any atom is -0.481 e. The molecule has 0 aliphatic heterocycles. The first-order chi connectivity index (χ1) is 6.83. The first-order valence-electron chi connectivity index (χ1n) is 4.95. The van der Waals surface area contributed by atoms with Crippen molar-refractivity contribution in [3.8, 4) is 5.88 Å². The first-order valence-corrected chi connectivity index (χ1v) is 4.95. The lowest BCUT2D eigenvalue weighted by Crippen LogP contribution is -2.06. The second-order valence-electron chi connectivity index (χ2n) is 2.99. The predicted molar refractivity (Wildman–Crippen MR) is 56.7 cm³/mol.